The van der Waals surface area contributed by atoms with E-state index in [1.165, 1.54) is 0 Å². The van der Waals surface area contributed by atoms with Gasteiger partial charge in [0.05, 0.1) is 24.1 Å². The molecule has 0 aromatic rings. The molecule has 2 fully saturated rings. The van der Waals surface area contributed by atoms with Crippen molar-refractivity contribution in [3.8, 4) is 0 Å². The van der Waals surface area contributed by atoms with Crippen LogP contribution in [0.3, 0.4) is 0 Å². The van der Waals surface area contributed by atoms with Crippen molar-refractivity contribution in [3.63, 3.8) is 0 Å². The van der Waals surface area contributed by atoms with Crippen LogP contribution in [0.1, 0.15) is 12.8 Å². The number of aliphatic hydroxyl groups is 1. The van der Waals surface area contributed by atoms with Gasteiger partial charge in [0.25, 0.3) is 0 Å². The molecule has 2 atom stereocenters. The number of ether oxygens (including phenoxy) is 2. The first-order chi connectivity index (χ1) is 5.25. The van der Waals surface area contributed by atoms with E-state index < -0.39 is 5.79 Å². The van der Waals surface area contributed by atoms with Gasteiger partial charge in [-0.3, -0.25) is 0 Å². The van der Waals surface area contributed by atoms with Gasteiger partial charge in [-0.15, -0.1) is 0 Å². The van der Waals surface area contributed by atoms with Crippen LogP contribution in [-0.2, 0) is 9.47 Å². The predicted molar refractivity (Wildman–Crippen MR) is 42.6 cm³/mol. The van der Waals surface area contributed by atoms with E-state index in [-0.39, 0.29) is 10.9 Å². The molecule has 1 aliphatic heterocycles. The van der Waals surface area contributed by atoms with Gasteiger partial charge in [-0.25, -0.2) is 0 Å². The summed E-state index contributed by atoms with van der Waals surface area (Å²) in [4.78, 5) is -0.0579. The highest BCUT2D eigenvalue weighted by Crippen LogP contribution is 2.41. The Labute approximate surface area is 73.8 Å². The first-order valence-electron chi connectivity index (χ1n) is 3.85. The summed E-state index contributed by atoms with van der Waals surface area (Å²) < 4.78 is 10.9. The molecule has 3 nitrogen and oxygen atoms in total. The quantitative estimate of drug-likeness (QED) is 0.612. The molecule has 0 aromatic heterocycles. The third-order valence-electron chi connectivity index (χ3n) is 2.32. The highest BCUT2D eigenvalue weighted by molar-refractivity contribution is 9.09. The van der Waals surface area contributed by atoms with Gasteiger partial charge in [-0.05, 0) is 6.42 Å². The monoisotopic (exact) mass is 222 g/mol. The van der Waals surface area contributed by atoms with E-state index in [9.17, 15) is 5.11 Å². The van der Waals surface area contributed by atoms with Crippen LogP contribution >= 0.6 is 15.9 Å². The summed E-state index contributed by atoms with van der Waals surface area (Å²) in [6, 6.07) is 0. The van der Waals surface area contributed by atoms with Crippen LogP contribution in [0.5, 0.6) is 0 Å². The number of hydrogen-bond acceptors (Lipinski definition) is 3. The van der Waals surface area contributed by atoms with Gasteiger partial charge >= 0.3 is 0 Å². The second-order valence-electron chi connectivity index (χ2n) is 3.02. The van der Waals surface area contributed by atoms with Crippen LogP contribution in [0.15, 0.2) is 0 Å². The van der Waals surface area contributed by atoms with Crippen LogP contribution in [0, 0.1) is 0 Å². The van der Waals surface area contributed by atoms with Crippen molar-refractivity contribution in [1.29, 1.82) is 0 Å². The van der Waals surface area contributed by atoms with Gasteiger partial charge in [0.2, 0.25) is 0 Å². The van der Waals surface area contributed by atoms with Crippen molar-refractivity contribution in [2.24, 2.45) is 0 Å². The normalized spacial score (nSPS) is 42.0. The lowest BCUT2D eigenvalue weighted by Crippen LogP contribution is -2.38. The molecular formula is C7H11BrO3. The number of aliphatic hydroxyl groups excluding tert-OH is 1. The summed E-state index contributed by atoms with van der Waals surface area (Å²) in [5, 5.41) is 9.42. The molecular weight excluding hydrogens is 212 g/mol. The zero-order valence-electron chi connectivity index (χ0n) is 6.12. The lowest BCUT2D eigenvalue weighted by molar-refractivity contribution is -0.148. The van der Waals surface area contributed by atoms with Crippen molar-refractivity contribution in [1.82, 2.24) is 0 Å². The van der Waals surface area contributed by atoms with Crippen molar-refractivity contribution >= 4 is 15.9 Å². The van der Waals surface area contributed by atoms with Gasteiger partial charge in [0.15, 0.2) is 5.79 Å². The summed E-state index contributed by atoms with van der Waals surface area (Å²) in [5.41, 5.74) is 0. The molecule has 4 heteroatoms. The Kier molecular flexibility index (Phi) is 1.95. The highest BCUT2D eigenvalue weighted by atomic mass is 79.9. The van der Waals surface area contributed by atoms with Gasteiger partial charge < -0.3 is 14.6 Å². The maximum atomic E-state index is 9.42. The molecule has 0 aromatic carbocycles. The van der Waals surface area contributed by atoms with Gasteiger partial charge in [-0.2, -0.15) is 0 Å². The molecule has 1 saturated heterocycles. The smallest absolute Gasteiger partial charge is 0.183 e. The van der Waals surface area contributed by atoms with Gasteiger partial charge in [-0.1, -0.05) is 15.9 Å². The maximum absolute atomic E-state index is 9.42. The van der Waals surface area contributed by atoms with Crippen molar-refractivity contribution in [3.05, 3.63) is 0 Å². The molecule has 11 heavy (non-hydrogen) atoms. The third-order valence-corrected chi connectivity index (χ3v) is 3.63. The average Bonchev–Trinajstić information content (AvgIpc) is 2.56. The van der Waals surface area contributed by atoms with E-state index in [1.54, 1.807) is 0 Å². The van der Waals surface area contributed by atoms with E-state index in [4.69, 9.17) is 9.47 Å². The van der Waals surface area contributed by atoms with Crippen molar-refractivity contribution in [2.45, 2.75) is 29.6 Å². The molecule has 1 saturated carbocycles. The number of halogens is 1. The van der Waals surface area contributed by atoms with Gasteiger partial charge in [0, 0.05) is 6.42 Å². The predicted octanol–water partition coefficient (Wildman–Crippen LogP) is 0.648. The summed E-state index contributed by atoms with van der Waals surface area (Å²) in [6.07, 6.45) is 1.23. The highest BCUT2D eigenvalue weighted by Gasteiger charge is 2.51. The Bertz CT molecular complexity index is 156. The molecule has 2 aliphatic rings. The maximum Gasteiger partial charge on any atom is 0.183 e. The largest absolute Gasteiger partial charge is 0.392 e. The van der Waals surface area contributed by atoms with Crippen LogP contribution in [0.25, 0.3) is 0 Å². The Balaban J connectivity index is 2.13. The van der Waals surface area contributed by atoms with E-state index in [1.807, 2.05) is 0 Å². The molecule has 64 valence electrons. The molecule has 0 radical (unpaired) electrons. The number of rotatable bonds is 0. The van der Waals surface area contributed by atoms with Crippen LogP contribution in [0.2, 0.25) is 0 Å². The molecule has 1 aliphatic carbocycles. The first-order valence-corrected chi connectivity index (χ1v) is 4.76. The minimum Gasteiger partial charge on any atom is -0.392 e. The minimum absolute atomic E-state index is 0.0579. The van der Waals surface area contributed by atoms with Gasteiger partial charge in [0.1, 0.15) is 0 Å². The lowest BCUT2D eigenvalue weighted by Gasteiger charge is -2.25. The molecule has 0 amide bonds. The topological polar surface area (TPSA) is 38.7 Å². The summed E-state index contributed by atoms with van der Waals surface area (Å²) in [6.45, 7) is 1.30. The standard InChI is InChI=1S/C7H11BrO3/c8-6-5(9)1-2-7(6)10-3-4-11-7/h5-6,9H,1-4H2/t5-,6-/m0/s1. The van der Waals surface area contributed by atoms with Crippen molar-refractivity contribution in [2.75, 3.05) is 13.2 Å². The average molecular weight is 223 g/mol. The van der Waals surface area contributed by atoms with Crippen molar-refractivity contribution < 1.29 is 14.6 Å². The molecule has 1 spiro atoms. The fourth-order valence-electron chi connectivity index (χ4n) is 1.70. The van der Waals surface area contributed by atoms with Crippen LogP contribution < -0.4 is 0 Å². The minimum atomic E-state index is -0.514. The Morgan fingerprint density at radius 1 is 1.36 bits per heavy atom. The molecule has 2 rings (SSSR count). The zero-order chi connectivity index (χ0) is 7.90. The van der Waals surface area contributed by atoms with Crippen LogP contribution in [-0.4, -0.2) is 35.0 Å². The first kappa shape index (κ1) is 7.98. The third kappa shape index (κ3) is 1.13. The number of hydrogen-bond donors (Lipinski definition) is 1. The summed E-state index contributed by atoms with van der Waals surface area (Å²) in [5.74, 6) is -0.514. The molecule has 1 heterocycles. The Morgan fingerprint density at radius 3 is 2.45 bits per heavy atom. The fourth-order valence-corrected chi connectivity index (χ4v) is 2.46. The second-order valence-corrected chi connectivity index (χ2v) is 4.00. The second kappa shape index (κ2) is 2.69. The SMILES string of the molecule is O[C@H]1CCC2(OCCO2)[C@H]1Br. The van der Waals surface area contributed by atoms with E-state index in [0.717, 1.165) is 12.8 Å². The van der Waals surface area contributed by atoms with E-state index in [2.05, 4.69) is 15.9 Å². The van der Waals surface area contributed by atoms with E-state index in [0.29, 0.717) is 13.2 Å². The molecule has 0 unspecified atom stereocenters. The van der Waals surface area contributed by atoms with Crippen LogP contribution in [0.4, 0.5) is 0 Å². The van der Waals surface area contributed by atoms with E-state index >= 15 is 0 Å². The lowest BCUT2D eigenvalue weighted by atomic mass is 10.2. The number of alkyl halides is 1. The summed E-state index contributed by atoms with van der Waals surface area (Å²) in [7, 11) is 0. The Hall–Kier alpha value is 0.360. The Morgan fingerprint density at radius 2 is 2.00 bits per heavy atom. The summed E-state index contributed by atoms with van der Waals surface area (Å²) >= 11 is 3.39. The molecule has 0 bridgehead atoms. The zero-order valence-corrected chi connectivity index (χ0v) is 7.71. The molecule has 1 N–H and O–H groups in total. The fraction of sp³-hybridized carbons (Fsp3) is 1.00.